The van der Waals surface area contributed by atoms with Crippen LogP contribution in [0.15, 0.2) is 65.8 Å². The first-order chi connectivity index (χ1) is 16.3. The van der Waals surface area contributed by atoms with E-state index in [2.05, 4.69) is 38.9 Å². The summed E-state index contributed by atoms with van der Waals surface area (Å²) in [6.45, 7) is 0. The lowest BCUT2D eigenvalue weighted by Crippen LogP contribution is -2.06. The highest BCUT2D eigenvalue weighted by atomic mass is 32.2. The highest BCUT2D eigenvalue weighted by molar-refractivity contribution is 7.99. The highest BCUT2D eigenvalue weighted by Crippen LogP contribution is 2.38. The zero-order valence-electron chi connectivity index (χ0n) is 18.0. The molecule has 0 saturated heterocycles. The summed E-state index contributed by atoms with van der Waals surface area (Å²) in [5.41, 5.74) is 4.18. The largest absolute Gasteiger partial charge is 0.293 e. The van der Waals surface area contributed by atoms with Gasteiger partial charge in [-0.05, 0) is 36.8 Å². The molecular formula is C26H22N4OS2. The van der Waals surface area contributed by atoms with Crippen molar-refractivity contribution in [3.05, 3.63) is 88.1 Å². The summed E-state index contributed by atoms with van der Waals surface area (Å²) in [5, 5.41) is 11.0. The Kier molecular flexibility index (Phi) is 5.44. The molecule has 0 saturated carbocycles. The van der Waals surface area contributed by atoms with Crippen LogP contribution in [0.4, 0.5) is 0 Å². The fourth-order valence-electron chi connectivity index (χ4n) is 4.52. The SMILES string of the molecule is O=C(CSc1nnc2c3c4c(sc3nc(Cc3ccccc3)n12)CCCC4)c1ccccc1. The van der Waals surface area contributed by atoms with Gasteiger partial charge in [0.2, 0.25) is 0 Å². The number of carbonyl (C=O) groups is 1. The van der Waals surface area contributed by atoms with Gasteiger partial charge < -0.3 is 0 Å². The van der Waals surface area contributed by atoms with Gasteiger partial charge in [-0.2, -0.15) is 0 Å². The Bertz CT molecular complexity index is 1460. The lowest BCUT2D eigenvalue weighted by Gasteiger charge is -2.11. The van der Waals surface area contributed by atoms with Gasteiger partial charge >= 0.3 is 0 Å². The Morgan fingerprint density at radius 1 is 0.970 bits per heavy atom. The van der Waals surface area contributed by atoms with E-state index in [-0.39, 0.29) is 5.78 Å². The van der Waals surface area contributed by atoms with Crippen LogP contribution in [-0.4, -0.2) is 31.1 Å². The Balaban J connectivity index is 1.45. The first-order valence-electron chi connectivity index (χ1n) is 11.2. The first kappa shape index (κ1) is 20.6. The molecule has 1 aliphatic rings. The summed E-state index contributed by atoms with van der Waals surface area (Å²) < 4.78 is 2.08. The predicted molar refractivity (Wildman–Crippen MR) is 134 cm³/mol. The van der Waals surface area contributed by atoms with Gasteiger partial charge in [0.25, 0.3) is 0 Å². The van der Waals surface area contributed by atoms with Crippen LogP contribution in [0, 0.1) is 0 Å². The maximum atomic E-state index is 12.7. The molecule has 164 valence electrons. The van der Waals surface area contributed by atoms with Gasteiger partial charge in [0, 0.05) is 16.9 Å². The van der Waals surface area contributed by atoms with Gasteiger partial charge in [-0.1, -0.05) is 72.4 Å². The van der Waals surface area contributed by atoms with E-state index in [0.717, 1.165) is 45.2 Å². The Morgan fingerprint density at radius 3 is 2.55 bits per heavy atom. The third-order valence-corrected chi connectivity index (χ3v) is 8.25. The Morgan fingerprint density at radius 2 is 1.73 bits per heavy atom. The van der Waals surface area contributed by atoms with Gasteiger partial charge in [0.1, 0.15) is 10.7 Å². The lowest BCUT2D eigenvalue weighted by molar-refractivity contribution is 0.102. The van der Waals surface area contributed by atoms with E-state index in [1.807, 2.05) is 47.7 Å². The molecule has 5 aromatic rings. The molecule has 3 aromatic heterocycles. The van der Waals surface area contributed by atoms with Crippen molar-refractivity contribution in [1.82, 2.24) is 19.6 Å². The number of nitrogens with zero attached hydrogens (tertiary/aromatic N) is 4. The van der Waals surface area contributed by atoms with E-state index in [4.69, 9.17) is 4.98 Å². The number of aryl methyl sites for hydroxylation is 2. The lowest BCUT2D eigenvalue weighted by atomic mass is 9.97. The van der Waals surface area contributed by atoms with Crippen molar-refractivity contribution >= 4 is 44.7 Å². The molecule has 0 unspecified atom stereocenters. The maximum absolute atomic E-state index is 12.7. The number of thioether (sulfide) groups is 1. The van der Waals surface area contributed by atoms with Crippen molar-refractivity contribution in [3.63, 3.8) is 0 Å². The average Bonchev–Trinajstić information content (AvgIpc) is 3.45. The van der Waals surface area contributed by atoms with Crippen molar-refractivity contribution in [3.8, 4) is 0 Å². The van der Waals surface area contributed by atoms with E-state index in [1.165, 1.54) is 40.6 Å². The van der Waals surface area contributed by atoms with Crippen LogP contribution in [-0.2, 0) is 19.3 Å². The van der Waals surface area contributed by atoms with E-state index in [1.54, 1.807) is 0 Å². The number of rotatable bonds is 6. The van der Waals surface area contributed by atoms with Crippen molar-refractivity contribution in [2.45, 2.75) is 37.3 Å². The summed E-state index contributed by atoms with van der Waals surface area (Å²) in [6.07, 6.45) is 5.33. The van der Waals surface area contributed by atoms with Crippen molar-refractivity contribution in [2.24, 2.45) is 0 Å². The Labute approximate surface area is 199 Å². The molecule has 0 aliphatic heterocycles. The second-order valence-corrected chi connectivity index (χ2v) is 10.3. The smallest absolute Gasteiger partial charge is 0.197 e. The molecule has 33 heavy (non-hydrogen) atoms. The van der Waals surface area contributed by atoms with Crippen molar-refractivity contribution < 1.29 is 4.79 Å². The topological polar surface area (TPSA) is 60.2 Å². The molecular weight excluding hydrogens is 448 g/mol. The number of Topliss-reactive ketones (excluding diaryl/α,β-unsaturated/α-hetero) is 1. The maximum Gasteiger partial charge on any atom is 0.197 e. The monoisotopic (exact) mass is 470 g/mol. The summed E-state index contributed by atoms with van der Waals surface area (Å²) in [4.78, 5) is 20.4. The van der Waals surface area contributed by atoms with Crippen molar-refractivity contribution in [2.75, 3.05) is 5.75 Å². The van der Waals surface area contributed by atoms with Crippen LogP contribution in [0.2, 0.25) is 0 Å². The summed E-state index contributed by atoms with van der Waals surface area (Å²) in [6, 6.07) is 19.8. The van der Waals surface area contributed by atoms with Crippen molar-refractivity contribution in [1.29, 1.82) is 0 Å². The second-order valence-electron chi connectivity index (χ2n) is 8.30. The number of ketones is 1. The average molecular weight is 471 g/mol. The van der Waals surface area contributed by atoms with Crippen LogP contribution in [0.1, 0.15) is 45.0 Å². The predicted octanol–water partition coefficient (Wildman–Crippen LogP) is 5.78. The standard InChI is InChI=1S/C26H22N4OS2/c31-20(18-11-5-2-6-12-18)16-32-26-29-28-24-23-19-13-7-8-14-21(19)33-25(23)27-22(30(24)26)15-17-9-3-1-4-10-17/h1-6,9-12H,7-8,13-16H2. The molecule has 2 aromatic carbocycles. The van der Waals surface area contributed by atoms with Crippen LogP contribution in [0.25, 0.3) is 15.9 Å². The van der Waals surface area contributed by atoms with Crippen LogP contribution < -0.4 is 0 Å². The third-order valence-electron chi connectivity index (χ3n) is 6.13. The summed E-state index contributed by atoms with van der Waals surface area (Å²) >= 11 is 3.25. The molecule has 0 spiro atoms. The molecule has 0 fully saturated rings. The fourth-order valence-corrected chi connectivity index (χ4v) is 6.64. The number of hydrogen-bond donors (Lipinski definition) is 0. The minimum Gasteiger partial charge on any atom is -0.293 e. The minimum atomic E-state index is 0.0870. The summed E-state index contributed by atoms with van der Waals surface area (Å²) in [7, 11) is 0. The molecule has 3 heterocycles. The zero-order valence-corrected chi connectivity index (χ0v) is 19.7. The van der Waals surface area contributed by atoms with Gasteiger partial charge in [0.05, 0.1) is 11.1 Å². The second kappa shape index (κ2) is 8.72. The van der Waals surface area contributed by atoms with Crippen LogP contribution in [0.5, 0.6) is 0 Å². The molecule has 0 amide bonds. The molecule has 0 radical (unpaired) electrons. The number of carbonyl (C=O) groups excluding carboxylic acids is 1. The normalized spacial score (nSPS) is 13.5. The van der Waals surface area contributed by atoms with Crippen LogP contribution >= 0.6 is 23.1 Å². The van der Waals surface area contributed by atoms with Gasteiger partial charge in [-0.3, -0.25) is 9.20 Å². The van der Waals surface area contributed by atoms with Gasteiger partial charge in [-0.15, -0.1) is 21.5 Å². The fraction of sp³-hybridized carbons (Fsp3) is 0.231. The number of hydrogen-bond acceptors (Lipinski definition) is 6. The van der Waals surface area contributed by atoms with E-state index < -0.39 is 0 Å². The van der Waals surface area contributed by atoms with Gasteiger partial charge in [-0.25, -0.2) is 4.98 Å². The zero-order chi connectivity index (χ0) is 22.2. The summed E-state index contributed by atoms with van der Waals surface area (Å²) in [5.74, 6) is 1.32. The number of benzene rings is 2. The number of aromatic nitrogens is 4. The minimum absolute atomic E-state index is 0.0870. The van der Waals surface area contributed by atoms with E-state index in [0.29, 0.717) is 12.2 Å². The Hall–Kier alpha value is -3.03. The first-order valence-corrected chi connectivity index (χ1v) is 13.0. The molecule has 0 N–H and O–H groups in total. The molecule has 6 rings (SSSR count). The van der Waals surface area contributed by atoms with Gasteiger partial charge in [0.15, 0.2) is 16.6 Å². The quantitative estimate of drug-likeness (QED) is 0.232. The molecule has 5 nitrogen and oxygen atoms in total. The van der Waals surface area contributed by atoms with E-state index in [9.17, 15) is 4.79 Å². The molecule has 7 heteroatoms. The van der Waals surface area contributed by atoms with Crippen LogP contribution in [0.3, 0.4) is 0 Å². The molecule has 0 atom stereocenters. The highest BCUT2D eigenvalue weighted by Gasteiger charge is 2.24. The van der Waals surface area contributed by atoms with E-state index >= 15 is 0 Å². The number of thiophene rings is 1. The third kappa shape index (κ3) is 3.85. The molecule has 1 aliphatic carbocycles. The number of fused-ring (bicyclic) bond motifs is 5. The molecule has 0 bridgehead atoms.